The largest absolute Gasteiger partial charge is 0.477 e. The van der Waals surface area contributed by atoms with E-state index in [1.54, 1.807) is 31.2 Å². The molecule has 0 aliphatic heterocycles. The van der Waals surface area contributed by atoms with Crippen molar-refractivity contribution in [2.45, 2.75) is 61.5 Å². The van der Waals surface area contributed by atoms with Crippen molar-refractivity contribution >= 4 is 34.9 Å². The van der Waals surface area contributed by atoms with Gasteiger partial charge < -0.3 is 20.4 Å². The summed E-state index contributed by atoms with van der Waals surface area (Å²) in [6.45, 7) is 1.71. The number of thioether (sulfide) groups is 1. The first-order chi connectivity index (χ1) is 13.3. The minimum absolute atomic E-state index is 0.0312. The molecule has 6 nitrogen and oxygen atoms in total. The molecule has 0 spiro atoms. The van der Waals surface area contributed by atoms with E-state index in [-0.39, 0.29) is 30.1 Å². The lowest BCUT2D eigenvalue weighted by Gasteiger charge is -2.18. The average Bonchev–Trinajstić information content (AvgIpc) is 3.18. The highest BCUT2D eigenvalue weighted by atomic mass is 32.2. The number of thiophene rings is 1. The molecule has 1 aliphatic rings. The van der Waals surface area contributed by atoms with Gasteiger partial charge in [-0.05, 0) is 50.5 Å². The number of carbonyl (C=O) groups excluding carboxylic acids is 1. The van der Waals surface area contributed by atoms with E-state index in [4.69, 9.17) is 5.11 Å². The maximum absolute atomic E-state index is 12.3. The molecule has 0 radical (unpaired) electrons. The Morgan fingerprint density at radius 2 is 2.11 bits per heavy atom. The molecule has 156 valence electrons. The Morgan fingerprint density at radius 3 is 2.75 bits per heavy atom. The maximum atomic E-state index is 12.3. The lowest BCUT2D eigenvalue weighted by atomic mass is 9.91. The molecule has 0 saturated heterocycles. The molecule has 4 N–H and O–H groups in total. The van der Waals surface area contributed by atoms with Crippen LogP contribution in [0.15, 0.2) is 28.5 Å². The van der Waals surface area contributed by atoms with Crippen LogP contribution in [0.4, 0.5) is 0 Å². The summed E-state index contributed by atoms with van der Waals surface area (Å²) in [6, 6.07) is 3.34. The number of aliphatic hydroxyl groups is 3. The fraction of sp³-hybridized carbons (Fsp3) is 0.600. The van der Waals surface area contributed by atoms with E-state index in [9.17, 15) is 24.9 Å². The van der Waals surface area contributed by atoms with Gasteiger partial charge in [0.15, 0.2) is 0 Å². The molecule has 8 heteroatoms. The third kappa shape index (κ3) is 7.00. The monoisotopic (exact) mass is 428 g/mol. The number of carboxylic acid groups (broad SMARTS) is 1. The molecule has 2 rings (SSSR count). The number of ketones is 1. The van der Waals surface area contributed by atoms with Crippen LogP contribution in [0.3, 0.4) is 0 Å². The quantitative estimate of drug-likeness (QED) is 0.316. The van der Waals surface area contributed by atoms with Crippen molar-refractivity contribution in [3.05, 3.63) is 29.2 Å². The summed E-state index contributed by atoms with van der Waals surface area (Å²) in [7, 11) is 0. The zero-order valence-electron chi connectivity index (χ0n) is 15.9. The highest BCUT2D eigenvalue weighted by Crippen LogP contribution is 2.36. The van der Waals surface area contributed by atoms with Crippen molar-refractivity contribution in [3.63, 3.8) is 0 Å². The standard InChI is InChI=1S/C20H28O6S2/c1-12(21)3-2-4-13(22)5-6-14-15(17(24)11-16(14)23)9-10-27-19-8-7-18(28-19)20(25)26/h5-8,12-16,21-23H,2-4,9-11H2,1H3,(H,25,26)/b6-5+/t12-,13+,14-,15-,16-/m1/s1. The fourth-order valence-electron chi connectivity index (χ4n) is 3.37. The predicted molar refractivity (Wildman–Crippen MR) is 110 cm³/mol. The lowest BCUT2D eigenvalue weighted by Crippen LogP contribution is -2.20. The molecule has 5 atom stereocenters. The summed E-state index contributed by atoms with van der Waals surface area (Å²) in [5.74, 6) is -0.851. The van der Waals surface area contributed by atoms with Gasteiger partial charge in [-0.15, -0.1) is 23.1 Å². The van der Waals surface area contributed by atoms with Gasteiger partial charge >= 0.3 is 5.97 Å². The highest BCUT2D eigenvalue weighted by molar-refractivity contribution is 8.01. The summed E-state index contributed by atoms with van der Waals surface area (Å²) in [5.41, 5.74) is 0. The Bertz CT molecular complexity index is 684. The van der Waals surface area contributed by atoms with E-state index < -0.39 is 18.2 Å². The van der Waals surface area contributed by atoms with E-state index in [0.29, 0.717) is 36.3 Å². The Hall–Kier alpha value is -1.19. The number of hydrogen-bond donors (Lipinski definition) is 4. The Balaban J connectivity index is 1.85. The number of carbonyl (C=O) groups is 2. The van der Waals surface area contributed by atoms with E-state index in [1.807, 2.05) is 0 Å². The molecule has 1 aliphatic carbocycles. The van der Waals surface area contributed by atoms with Crippen molar-refractivity contribution in [2.75, 3.05) is 5.75 Å². The third-order valence-electron chi connectivity index (χ3n) is 4.88. The molecule has 1 heterocycles. The van der Waals surface area contributed by atoms with Crippen LogP contribution < -0.4 is 0 Å². The Morgan fingerprint density at radius 1 is 1.36 bits per heavy atom. The summed E-state index contributed by atoms with van der Waals surface area (Å²) in [6.07, 6.45) is 4.21. The fourth-order valence-corrected chi connectivity index (χ4v) is 5.44. The number of aliphatic hydroxyl groups excluding tert-OH is 3. The zero-order valence-corrected chi connectivity index (χ0v) is 17.5. The summed E-state index contributed by atoms with van der Waals surface area (Å²) in [4.78, 5) is 23.5. The SMILES string of the molecule is C[C@@H](O)CCC[C@H](O)/C=C/[C@H]1[C@H](O)CC(=O)[C@@H]1CCSc1ccc(C(=O)O)s1. The number of hydrogen-bond acceptors (Lipinski definition) is 7. The lowest BCUT2D eigenvalue weighted by molar-refractivity contribution is -0.121. The van der Waals surface area contributed by atoms with Crippen molar-refractivity contribution in [1.29, 1.82) is 0 Å². The Labute approximate surface area is 173 Å². The maximum Gasteiger partial charge on any atom is 0.345 e. The average molecular weight is 429 g/mol. The first kappa shape index (κ1) is 23.1. The topological polar surface area (TPSA) is 115 Å². The van der Waals surface area contributed by atoms with Crippen molar-refractivity contribution in [3.8, 4) is 0 Å². The third-order valence-corrected chi connectivity index (χ3v) is 7.21. The second-order valence-electron chi connectivity index (χ2n) is 7.21. The van der Waals surface area contributed by atoms with Crippen LogP contribution in [0.25, 0.3) is 0 Å². The number of Topliss-reactive ketones (excluding diaryl/α,β-unsaturated/α-hetero) is 1. The second kappa shape index (κ2) is 11.1. The van der Waals surface area contributed by atoms with Gasteiger partial charge in [0, 0.05) is 18.3 Å². The van der Waals surface area contributed by atoms with E-state index >= 15 is 0 Å². The summed E-state index contributed by atoms with van der Waals surface area (Å²) >= 11 is 2.73. The molecular formula is C20H28O6S2. The van der Waals surface area contributed by atoms with E-state index in [1.165, 1.54) is 23.1 Å². The van der Waals surface area contributed by atoms with Crippen molar-refractivity contribution < 1.29 is 30.0 Å². The van der Waals surface area contributed by atoms with Gasteiger partial charge in [0.2, 0.25) is 0 Å². The van der Waals surface area contributed by atoms with Crippen LogP contribution >= 0.6 is 23.1 Å². The summed E-state index contributed by atoms with van der Waals surface area (Å²) in [5, 5.41) is 38.5. The molecule has 1 saturated carbocycles. The van der Waals surface area contributed by atoms with Gasteiger partial charge in [-0.2, -0.15) is 0 Å². The van der Waals surface area contributed by atoms with Crippen LogP contribution in [0, 0.1) is 11.8 Å². The van der Waals surface area contributed by atoms with Gasteiger partial charge in [-0.25, -0.2) is 4.79 Å². The van der Waals surface area contributed by atoms with Crippen LogP contribution in [-0.4, -0.2) is 56.2 Å². The van der Waals surface area contributed by atoms with Gasteiger partial charge in [-0.3, -0.25) is 4.79 Å². The first-order valence-electron chi connectivity index (χ1n) is 9.49. The van der Waals surface area contributed by atoms with Crippen molar-refractivity contribution in [1.82, 2.24) is 0 Å². The van der Waals surface area contributed by atoms with E-state index in [2.05, 4.69) is 0 Å². The highest BCUT2D eigenvalue weighted by Gasteiger charge is 2.39. The van der Waals surface area contributed by atoms with Gasteiger partial charge in [0.05, 0.1) is 22.5 Å². The van der Waals surface area contributed by atoms with Gasteiger partial charge in [0.25, 0.3) is 0 Å². The summed E-state index contributed by atoms with van der Waals surface area (Å²) < 4.78 is 0.893. The zero-order chi connectivity index (χ0) is 20.7. The number of carboxylic acids is 1. The predicted octanol–water partition coefficient (Wildman–Crippen LogP) is 2.96. The molecular weight excluding hydrogens is 400 g/mol. The molecule has 0 aromatic carbocycles. The number of rotatable bonds is 11. The van der Waals surface area contributed by atoms with Gasteiger partial charge in [0.1, 0.15) is 10.7 Å². The van der Waals surface area contributed by atoms with Crippen LogP contribution in [0.1, 0.15) is 48.7 Å². The number of aromatic carboxylic acids is 1. The van der Waals surface area contributed by atoms with Crippen LogP contribution in [0.2, 0.25) is 0 Å². The van der Waals surface area contributed by atoms with Crippen LogP contribution in [0.5, 0.6) is 0 Å². The molecule has 0 bridgehead atoms. The normalized spacial score (nSPS) is 24.7. The Kier molecular flexibility index (Phi) is 9.17. The first-order valence-corrected chi connectivity index (χ1v) is 11.3. The minimum atomic E-state index is -0.942. The van der Waals surface area contributed by atoms with Gasteiger partial charge in [-0.1, -0.05) is 12.2 Å². The smallest absolute Gasteiger partial charge is 0.345 e. The minimum Gasteiger partial charge on any atom is -0.477 e. The molecule has 0 amide bonds. The van der Waals surface area contributed by atoms with E-state index in [0.717, 1.165) is 4.21 Å². The molecule has 1 fully saturated rings. The molecule has 0 unspecified atom stereocenters. The van der Waals surface area contributed by atoms with Crippen molar-refractivity contribution in [2.24, 2.45) is 11.8 Å². The van der Waals surface area contributed by atoms with Crippen LogP contribution in [-0.2, 0) is 4.79 Å². The molecule has 28 heavy (non-hydrogen) atoms. The molecule has 1 aromatic heterocycles. The molecule has 1 aromatic rings. The second-order valence-corrected chi connectivity index (χ2v) is 9.69.